The molecular formula is C32H35NO8. The molecule has 4 rings (SSSR count). The Bertz CT molecular complexity index is 1530. The number of esters is 2. The van der Waals surface area contributed by atoms with Gasteiger partial charge in [-0.2, -0.15) is 0 Å². The second kappa shape index (κ2) is 11.6. The van der Waals surface area contributed by atoms with Gasteiger partial charge in [0.1, 0.15) is 17.1 Å². The molecule has 0 atom stereocenters. The third-order valence-electron chi connectivity index (χ3n) is 6.75. The summed E-state index contributed by atoms with van der Waals surface area (Å²) < 4.78 is 22.3. The number of hydrogen-bond acceptors (Lipinski definition) is 8. The van der Waals surface area contributed by atoms with E-state index < -0.39 is 23.8 Å². The molecule has 0 saturated heterocycles. The number of amides is 2. The number of hydrogen-bond donors (Lipinski definition) is 0. The number of imide groups is 1. The van der Waals surface area contributed by atoms with E-state index in [4.69, 9.17) is 18.9 Å². The first-order chi connectivity index (χ1) is 19.5. The molecule has 0 unspecified atom stereocenters. The van der Waals surface area contributed by atoms with Crippen molar-refractivity contribution in [3.8, 4) is 11.5 Å². The van der Waals surface area contributed by atoms with Crippen LogP contribution in [-0.2, 0) is 14.9 Å². The minimum Gasteiger partial charge on any atom is -0.493 e. The summed E-state index contributed by atoms with van der Waals surface area (Å²) in [5.41, 5.74) is 1.31. The average molecular weight is 562 g/mol. The molecule has 0 aromatic heterocycles. The van der Waals surface area contributed by atoms with E-state index in [1.54, 1.807) is 39.8 Å². The largest absolute Gasteiger partial charge is 0.493 e. The van der Waals surface area contributed by atoms with Crippen molar-refractivity contribution in [2.45, 2.75) is 53.9 Å². The summed E-state index contributed by atoms with van der Waals surface area (Å²) in [6.07, 6.45) is 0. The number of carbonyl (C=O) groups is 4. The Morgan fingerprint density at radius 3 is 1.88 bits per heavy atom. The summed E-state index contributed by atoms with van der Waals surface area (Å²) in [6, 6.07) is 10.0. The Morgan fingerprint density at radius 2 is 1.32 bits per heavy atom. The van der Waals surface area contributed by atoms with E-state index in [1.165, 1.54) is 12.1 Å². The Kier molecular flexibility index (Phi) is 8.37. The molecule has 9 nitrogen and oxygen atoms in total. The van der Waals surface area contributed by atoms with Gasteiger partial charge >= 0.3 is 11.9 Å². The number of rotatable bonds is 9. The minimum absolute atomic E-state index is 0.0384. The van der Waals surface area contributed by atoms with Crippen LogP contribution in [0.3, 0.4) is 0 Å². The molecule has 1 aliphatic heterocycles. The smallest absolute Gasteiger partial charge is 0.342 e. The van der Waals surface area contributed by atoms with Gasteiger partial charge in [0.2, 0.25) is 0 Å². The third kappa shape index (κ3) is 5.24. The monoisotopic (exact) mass is 561 g/mol. The van der Waals surface area contributed by atoms with Gasteiger partial charge in [-0.1, -0.05) is 32.9 Å². The fourth-order valence-corrected chi connectivity index (χ4v) is 4.95. The molecule has 0 aliphatic carbocycles. The van der Waals surface area contributed by atoms with Crippen LogP contribution in [0.2, 0.25) is 0 Å². The van der Waals surface area contributed by atoms with Crippen molar-refractivity contribution in [1.29, 1.82) is 0 Å². The van der Waals surface area contributed by atoms with Crippen LogP contribution in [0, 0.1) is 0 Å². The van der Waals surface area contributed by atoms with Crippen molar-refractivity contribution in [3.05, 3.63) is 64.2 Å². The van der Waals surface area contributed by atoms with E-state index in [2.05, 4.69) is 20.8 Å². The number of carbonyl (C=O) groups excluding carboxylic acids is 4. The highest BCUT2D eigenvalue weighted by Crippen LogP contribution is 2.44. The lowest BCUT2D eigenvalue weighted by Gasteiger charge is -2.30. The van der Waals surface area contributed by atoms with E-state index in [9.17, 15) is 19.2 Å². The first kappa shape index (κ1) is 29.6. The molecule has 0 saturated carbocycles. The molecule has 9 heteroatoms. The SMILES string of the molecule is CCOC(=O)c1cc(OCC)c2c3c(cc(OCC)c(C(=O)OCC)c13)C(=O)N(c1ccc(C(C)(C)C)cc1)C2=O. The van der Waals surface area contributed by atoms with Gasteiger partial charge in [-0.3, -0.25) is 9.59 Å². The van der Waals surface area contributed by atoms with Crippen molar-refractivity contribution in [2.24, 2.45) is 0 Å². The lowest BCUT2D eigenvalue weighted by atomic mass is 9.86. The van der Waals surface area contributed by atoms with Gasteiger partial charge in [-0.25, -0.2) is 14.5 Å². The highest BCUT2D eigenvalue weighted by Gasteiger charge is 2.41. The van der Waals surface area contributed by atoms with Crippen LogP contribution in [0.4, 0.5) is 5.69 Å². The molecule has 1 aliphatic rings. The van der Waals surface area contributed by atoms with Gasteiger partial charge in [-0.05, 0) is 62.9 Å². The molecule has 0 N–H and O–H groups in total. The number of ether oxygens (including phenoxy) is 4. The molecule has 41 heavy (non-hydrogen) atoms. The standard InChI is InChI=1S/C32H35NO8/c1-8-38-22-17-21(30(36)40-10-3)25-24-20(16-23(39-9-2)27(25)31(37)41-11-4)28(34)33(29(35)26(22)24)19-14-12-18(13-15-19)32(5,6)7/h12-17H,8-11H2,1-7H3. The highest BCUT2D eigenvalue weighted by atomic mass is 16.5. The van der Waals surface area contributed by atoms with E-state index in [-0.39, 0.29) is 76.4 Å². The first-order valence-corrected chi connectivity index (χ1v) is 13.8. The van der Waals surface area contributed by atoms with Gasteiger partial charge in [0.25, 0.3) is 11.8 Å². The zero-order valence-electron chi connectivity index (χ0n) is 24.5. The van der Waals surface area contributed by atoms with Crippen molar-refractivity contribution < 1.29 is 38.1 Å². The van der Waals surface area contributed by atoms with Crippen LogP contribution in [0.15, 0.2) is 36.4 Å². The van der Waals surface area contributed by atoms with Crippen LogP contribution in [0.5, 0.6) is 11.5 Å². The Balaban J connectivity index is 2.12. The lowest BCUT2D eigenvalue weighted by molar-refractivity contribution is 0.0523. The van der Waals surface area contributed by atoms with Crippen molar-refractivity contribution in [1.82, 2.24) is 0 Å². The van der Waals surface area contributed by atoms with Crippen LogP contribution >= 0.6 is 0 Å². The van der Waals surface area contributed by atoms with Gasteiger partial charge in [0, 0.05) is 10.8 Å². The predicted octanol–water partition coefficient (Wildman–Crippen LogP) is 6.09. The number of benzene rings is 3. The molecule has 216 valence electrons. The van der Waals surface area contributed by atoms with E-state index in [0.717, 1.165) is 10.5 Å². The Labute approximate surface area is 239 Å². The minimum atomic E-state index is -0.761. The summed E-state index contributed by atoms with van der Waals surface area (Å²) in [5.74, 6) is -2.63. The predicted molar refractivity (Wildman–Crippen MR) is 154 cm³/mol. The Morgan fingerprint density at radius 1 is 0.732 bits per heavy atom. The maximum Gasteiger partial charge on any atom is 0.342 e. The molecule has 3 aromatic carbocycles. The molecule has 1 heterocycles. The van der Waals surface area contributed by atoms with E-state index in [0.29, 0.717) is 5.69 Å². The molecule has 0 spiro atoms. The van der Waals surface area contributed by atoms with Crippen LogP contribution in [-0.4, -0.2) is 50.2 Å². The maximum atomic E-state index is 14.2. The van der Waals surface area contributed by atoms with Crippen LogP contribution in [0.25, 0.3) is 10.8 Å². The second-order valence-electron chi connectivity index (χ2n) is 10.4. The van der Waals surface area contributed by atoms with Crippen molar-refractivity contribution >= 4 is 40.2 Å². The molecule has 3 aromatic rings. The summed E-state index contributed by atoms with van der Waals surface area (Å²) in [4.78, 5) is 55.9. The molecule has 2 amide bonds. The van der Waals surface area contributed by atoms with Crippen molar-refractivity contribution in [3.63, 3.8) is 0 Å². The molecule has 0 bridgehead atoms. The van der Waals surface area contributed by atoms with E-state index in [1.807, 2.05) is 12.1 Å². The zero-order chi connectivity index (χ0) is 30.1. The highest BCUT2D eigenvalue weighted by molar-refractivity contribution is 6.39. The van der Waals surface area contributed by atoms with Gasteiger partial charge in [0.15, 0.2) is 0 Å². The average Bonchev–Trinajstić information content (AvgIpc) is 2.92. The molecule has 0 radical (unpaired) electrons. The third-order valence-corrected chi connectivity index (χ3v) is 6.75. The van der Waals surface area contributed by atoms with Crippen LogP contribution < -0.4 is 14.4 Å². The summed E-state index contributed by atoms with van der Waals surface area (Å²) in [6.45, 7) is 13.5. The number of nitrogens with zero attached hydrogens (tertiary/aromatic N) is 1. The fourth-order valence-electron chi connectivity index (χ4n) is 4.95. The van der Waals surface area contributed by atoms with Crippen LogP contribution in [0.1, 0.15) is 95.5 Å². The Hall–Kier alpha value is -4.40. The van der Waals surface area contributed by atoms with Gasteiger partial charge in [0.05, 0.1) is 48.8 Å². The second-order valence-corrected chi connectivity index (χ2v) is 10.4. The van der Waals surface area contributed by atoms with Gasteiger partial charge < -0.3 is 18.9 Å². The molecular weight excluding hydrogens is 526 g/mol. The summed E-state index contributed by atoms with van der Waals surface area (Å²) in [7, 11) is 0. The first-order valence-electron chi connectivity index (χ1n) is 13.8. The lowest BCUT2D eigenvalue weighted by Crippen LogP contribution is -2.41. The number of anilines is 1. The van der Waals surface area contributed by atoms with Gasteiger partial charge in [-0.15, -0.1) is 0 Å². The van der Waals surface area contributed by atoms with E-state index >= 15 is 0 Å². The zero-order valence-corrected chi connectivity index (χ0v) is 24.5. The molecule has 0 fully saturated rings. The maximum absolute atomic E-state index is 14.2. The normalized spacial score (nSPS) is 12.9. The quantitative estimate of drug-likeness (QED) is 0.228. The van der Waals surface area contributed by atoms with Crippen molar-refractivity contribution in [2.75, 3.05) is 31.3 Å². The fraction of sp³-hybridized carbons (Fsp3) is 0.375. The summed E-state index contributed by atoms with van der Waals surface area (Å²) >= 11 is 0. The summed E-state index contributed by atoms with van der Waals surface area (Å²) in [5, 5.41) is 0.161. The topological polar surface area (TPSA) is 108 Å².